The molecule has 0 saturated carbocycles. The van der Waals surface area contributed by atoms with E-state index in [1.807, 2.05) is 15.7 Å². The zero-order valence-electron chi connectivity index (χ0n) is 9.44. The van der Waals surface area contributed by atoms with Crippen LogP contribution in [0.25, 0.3) is 0 Å². The minimum Gasteiger partial charge on any atom is -0.336 e. The van der Waals surface area contributed by atoms with Crippen molar-refractivity contribution in [2.75, 3.05) is 19.6 Å². The van der Waals surface area contributed by atoms with Crippen LogP contribution >= 0.6 is 0 Å². The molecular formula is C11H17F2N3. The average Bonchev–Trinajstić information content (AvgIpc) is 2.72. The van der Waals surface area contributed by atoms with Crippen molar-refractivity contribution in [1.82, 2.24) is 14.5 Å². The molecule has 1 aliphatic heterocycles. The Labute approximate surface area is 94.1 Å². The monoisotopic (exact) mass is 229 g/mol. The molecule has 5 heteroatoms. The van der Waals surface area contributed by atoms with E-state index >= 15 is 0 Å². The molecule has 0 spiro atoms. The molecule has 0 aromatic carbocycles. The lowest BCUT2D eigenvalue weighted by molar-refractivity contribution is -0.105. The maximum Gasteiger partial charge on any atom is 0.263 e. The van der Waals surface area contributed by atoms with Crippen LogP contribution in [0.2, 0.25) is 0 Å². The second-order valence-electron chi connectivity index (χ2n) is 4.53. The molecular weight excluding hydrogens is 212 g/mol. The van der Waals surface area contributed by atoms with E-state index in [0.29, 0.717) is 13.0 Å². The summed E-state index contributed by atoms with van der Waals surface area (Å²) in [6, 6.07) is 0. The smallest absolute Gasteiger partial charge is 0.263 e. The average molecular weight is 229 g/mol. The molecule has 90 valence electrons. The van der Waals surface area contributed by atoms with E-state index in [1.165, 1.54) is 0 Å². The lowest BCUT2D eigenvalue weighted by atomic mass is 9.95. The van der Waals surface area contributed by atoms with Gasteiger partial charge in [0.15, 0.2) is 0 Å². The topological polar surface area (TPSA) is 21.1 Å². The van der Waals surface area contributed by atoms with Gasteiger partial charge < -0.3 is 4.57 Å². The standard InChI is InChI=1S/C11H17F2N3/c1-10-2-4-15(8-11(10,12)13)6-7-16-5-3-14-9-16/h3,5,9-10H,2,4,6-8H2,1H3/t10-/m1/s1. The van der Waals surface area contributed by atoms with Crippen molar-refractivity contribution in [3.8, 4) is 0 Å². The Kier molecular flexibility index (Phi) is 3.23. The summed E-state index contributed by atoms with van der Waals surface area (Å²) in [4.78, 5) is 5.76. The lowest BCUT2D eigenvalue weighted by Crippen LogP contribution is -2.48. The van der Waals surface area contributed by atoms with Gasteiger partial charge in [0, 0.05) is 31.4 Å². The summed E-state index contributed by atoms with van der Waals surface area (Å²) in [7, 11) is 0. The van der Waals surface area contributed by atoms with Gasteiger partial charge in [-0.25, -0.2) is 13.8 Å². The highest BCUT2D eigenvalue weighted by Gasteiger charge is 2.41. The van der Waals surface area contributed by atoms with Crippen LogP contribution in [0.15, 0.2) is 18.7 Å². The van der Waals surface area contributed by atoms with Gasteiger partial charge in [0.1, 0.15) is 0 Å². The number of nitrogens with zero attached hydrogens (tertiary/aromatic N) is 3. The molecule has 0 bridgehead atoms. The Hall–Kier alpha value is -0.970. The van der Waals surface area contributed by atoms with Gasteiger partial charge in [-0.05, 0) is 13.0 Å². The molecule has 0 N–H and O–H groups in total. The molecule has 1 aromatic rings. The molecule has 1 aromatic heterocycles. The fourth-order valence-electron chi connectivity index (χ4n) is 1.99. The number of hydrogen-bond acceptors (Lipinski definition) is 2. The number of imidazole rings is 1. The number of piperidine rings is 1. The molecule has 16 heavy (non-hydrogen) atoms. The summed E-state index contributed by atoms with van der Waals surface area (Å²) in [5.41, 5.74) is 0. The van der Waals surface area contributed by atoms with Crippen LogP contribution in [-0.2, 0) is 6.54 Å². The van der Waals surface area contributed by atoms with Crippen LogP contribution in [0, 0.1) is 5.92 Å². The zero-order chi connectivity index (χ0) is 11.6. The van der Waals surface area contributed by atoms with Crippen molar-refractivity contribution in [3.05, 3.63) is 18.7 Å². The van der Waals surface area contributed by atoms with Crippen LogP contribution in [0.1, 0.15) is 13.3 Å². The number of likely N-dealkylation sites (tertiary alicyclic amines) is 1. The Morgan fingerprint density at radius 1 is 1.44 bits per heavy atom. The number of halogens is 2. The molecule has 2 rings (SSSR count). The first kappa shape index (κ1) is 11.5. The lowest BCUT2D eigenvalue weighted by Gasteiger charge is -2.36. The van der Waals surface area contributed by atoms with Gasteiger partial charge in [-0.15, -0.1) is 0 Å². The summed E-state index contributed by atoms with van der Waals surface area (Å²) >= 11 is 0. The molecule has 0 unspecified atom stereocenters. The molecule has 1 atom stereocenters. The molecule has 1 aliphatic rings. The first-order valence-electron chi connectivity index (χ1n) is 5.64. The predicted octanol–water partition coefficient (Wildman–Crippen LogP) is 1.86. The van der Waals surface area contributed by atoms with Gasteiger partial charge in [0.25, 0.3) is 5.92 Å². The van der Waals surface area contributed by atoms with E-state index in [-0.39, 0.29) is 6.54 Å². The molecule has 2 heterocycles. The minimum absolute atomic E-state index is 0.108. The Morgan fingerprint density at radius 3 is 2.88 bits per heavy atom. The first-order valence-corrected chi connectivity index (χ1v) is 5.64. The Bertz CT molecular complexity index is 324. The summed E-state index contributed by atoms with van der Waals surface area (Å²) < 4.78 is 28.8. The Morgan fingerprint density at radius 2 is 2.25 bits per heavy atom. The van der Waals surface area contributed by atoms with Gasteiger partial charge >= 0.3 is 0 Å². The summed E-state index contributed by atoms with van der Waals surface area (Å²) in [5.74, 6) is -3.02. The van der Waals surface area contributed by atoms with Crippen LogP contribution in [-0.4, -0.2) is 40.0 Å². The van der Waals surface area contributed by atoms with E-state index in [1.54, 1.807) is 19.4 Å². The van der Waals surface area contributed by atoms with Crippen molar-refractivity contribution in [2.45, 2.75) is 25.8 Å². The highest BCUT2D eigenvalue weighted by Crippen LogP contribution is 2.32. The number of hydrogen-bond donors (Lipinski definition) is 0. The minimum atomic E-state index is -2.53. The highest BCUT2D eigenvalue weighted by molar-refractivity contribution is 4.84. The highest BCUT2D eigenvalue weighted by atomic mass is 19.3. The Balaban J connectivity index is 1.83. The van der Waals surface area contributed by atoms with E-state index in [4.69, 9.17) is 0 Å². The number of alkyl halides is 2. The van der Waals surface area contributed by atoms with E-state index in [9.17, 15) is 8.78 Å². The SMILES string of the molecule is C[C@@H]1CCN(CCn2ccnc2)CC1(F)F. The largest absolute Gasteiger partial charge is 0.336 e. The molecule has 0 radical (unpaired) electrons. The van der Waals surface area contributed by atoms with Crippen molar-refractivity contribution >= 4 is 0 Å². The van der Waals surface area contributed by atoms with Crippen LogP contribution < -0.4 is 0 Å². The van der Waals surface area contributed by atoms with Gasteiger partial charge in [-0.3, -0.25) is 4.90 Å². The van der Waals surface area contributed by atoms with Crippen LogP contribution in [0.5, 0.6) is 0 Å². The third kappa shape index (κ3) is 2.58. The maximum absolute atomic E-state index is 13.5. The van der Waals surface area contributed by atoms with Crippen molar-refractivity contribution in [1.29, 1.82) is 0 Å². The van der Waals surface area contributed by atoms with Crippen LogP contribution in [0.3, 0.4) is 0 Å². The quantitative estimate of drug-likeness (QED) is 0.789. The normalized spacial score (nSPS) is 25.8. The second-order valence-corrected chi connectivity index (χ2v) is 4.53. The zero-order valence-corrected chi connectivity index (χ0v) is 9.44. The second kappa shape index (κ2) is 4.49. The molecule has 0 aliphatic carbocycles. The first-order chi connectivity index (χ1) is 7.58. The molecule has 3 nitrogen and oxygen atoms in total. The van der Waals surface area contributed by atoms with Gasteiger partial charge in [0.05, 0.1) is 12.9 Å². The van der Waals surface area contributed by atoms with Gasteiger partial charge in [-0.2, -0.15) is 0 Å². The van der Waals surface area contributed by atoms with Crippen LogP contribution in [0.4, 0.5) is 8.78 Å². The predicted molar refractivity (Wildman–Crippen MR) is 57.4 cm³/mol. The number of rotatable bonds is 3. The van der Waals surface area contributed by atoms with E-state index in [2.05, 4.69) is 4.98 Å². The van der Waals surface area contributed by atoms with Gasteiger partial charge in [-0.1, -0.05) is 6.92 Å². The fraction of sp³-hybridized carbons (Fsp3) is 0.727. The molecule has 1 saturated heterocycles. The molecule has 0 amide bonds. The third-order valence-electron chi connectivity index (χ3n) is 3.27. The van der Waals surface area contributed by atoms with Gasteiger partial charge in [0.2, 0.25) is 0 Å². The van der Waals surface area contributed by atoms with E-state index < -0.39 is 11.8 Å². The third-order valence-corrected chi connectivity index (χ3v) is 3.27. The summed E-state index contributed by atoms with van der Waals surface area (Å²) in [6.07, 6.45) is 5.85. The fourth-order valence-corrected chi connectivity index (χ4v) is 1.99. The maximum atomic E-state index is 13.5. The number of aromatic nitrogens is 2. The van der Waals surface area contributed by atoms with Crippen molar-refractivity contribution in [3.63, 3.8) is 0 Å². The summed E-state index contributed by atoms with van der Waals surface area (Å²) in [6.45, 7) is 3.69. The van der Waals surface area contributed by atoms with Crippen molar-refractivity contribution in [2.24, 2.45) is 5.92 Å². The van der Waals surface area contributed by atoms with Crippen molar-refractivity contribution < 1.29 is 8.78 Å². The van der Waals surface area contributed by atoms with E-state index in [0.717, 1.165) is 13.1 Å². The molecule has 1 fully saturated rings. The summed E-state index contributed by atoms with van der Waals surface area (Å²) in [5, 5.41) is 0.